The minimum Gasteiger partial charge on any atom is -0.459 e. The van der Waals surface area contributed by atoms with E-state index in [1.54, 1.807) is 6.92 Å². The molecule has 0 heterocycles. The second kappa shape index (κ2) is 5.66. The summed E-state index contributed by atoms with van der Waals surface area (Å²) in [6.07, 6.45) is 0.310. The number of halogens is 1. The van der Waals surface area contributed by atoms with Crippen molar-refractivity contribution in [1.29, 1.82) is 0 Å². The summed E-state index contributed by atoms with van der Waals surface area (Å²) in [6, 6.07) is 2.12. The minimum atomic E-state index is -4.23. The van der Waals surface area contributed by atoms with E-state index in [1.807, 2.05) is 6.92 Å². The third-order valence-corrected chi connectivity index (χ3v) is 3.56. The Morgan fingerprint density at radius 3 is 2.53 bits per heavy atom. The number of rotatable bonds is 4. The molecule has 106 valence electrons. The zero-order valence-electron chi connectivity index (χ0n) is 10.9. The number of hydrogen-bond donors (Lipinski definition) is 1. The van der Waals surface area contributed by atoms with Gasteiger partial charge in [-0.25, -0.2) is 22.7 Å². The summed E-state index contributed by atoms with van der Waals surface area (Å²) in [5.74, 6) is -1.66. The lowest BCUT2D eigenvalue weighted by atomic mass is 10.1. The quantitative estimate of drug-likeness (QED) is 0.855. The van der Waals surface area contributed by atoms with Crippen LogP contribution in [0.25, 0.3) is 0 Å². The van der Waals surface area contributed by atoms with Crippen LogP contribution in [0.15, 0.2) is 17.0 Å². The number of benzene rings is 1. The van der Waals surface area contributed by atoms with Crippen molar-refractivity contribution in [2.45, 2.75) is 38.2 Å². The molecule has 0 aliphatic rings. The van der Waals surface area contributed by atoms with E-state index in [0.717, 1.165) is 6.07 Å². The molecular weight excluding hydrogens is 273 g/mol. The third kappa shape index (κ3) is 3.74. The zero-order chi connectivity index (χ0) is 14.8. The lowest BCUT2D eigenvalue weighted by Gasteiger charge is -2.12. The first-order chi connectivity index (χ1) is 8.66. The van der Waals surface area contributed by atoms with Crippen LogP contribution in [-0.2, 0) is 14.8 Å². The molecule has 1 atom stereocenters. The lowest BCUT2D eigenvalue weighted by molar-refractivity contribution is 0.0334. The molecule has 1 unspecified atom stereocenters. The number of nitrogens with two attached hydrogens (primary N) is 1. The number of sulfonamides is 1. The first-order valence-corrected chi connectivity index (χ1v) is 7.25. The Kier molecular flexibility index (Phi) is 4.65. The van der Waals surface area contributed by atoms with Crippen LogP contribution >= 0.6 is 0 Å². The van der Waals surface area contributed by atoms with Crippen LogP contribution in [0.2, 0.25) is 0 Å². The number of primary sulfonamides is 1. The van der Waals surface area contributed by atoms with Gasteiger partial charge in [-0.1, -0.05) is 6.92 Å². The van der Waals surface area contributed by atoms with Crippen LogP contribution in [0, 0.1) is 12.7 Å². The molecule has 0 aromatic heterocycles. The Bertz CT molecular complexity index is 598. The molecule has 1 aromatic carbocycles. The van der Waals surface area contributed by atoms with Crippen molar-refractivity contribution in [3.63, 3.8) is 0 Å². The van der Waals surface area contributed by atoms with E-state index in [0.29, 0.717) is 6.42 Å². The van der Waals surface area contributed by atoms with Gasteiger partial charge >= 0.3 is 5.97 Å². The van der Waals surface area contributed by atoms with Gasteiger partial charge in [0.05, 0.1) is 11.7 Å². The summed E-state index contributed by atoms with van der Waals surface area (Å²) in [5, 5.41) is 4.90. The van der Waals surface area contributed by atoms with Gasteiger partial charge in [0.25, 0.3) is 0 Å². The first-order valence-electron chi connectivity index (χ1n) is 5.70. The van der Waals surface area contributed by atoms with Crippen LogP contribution < -0.4 is 5.14 Å². The molecule has 0 radical (unpaired) electrons. The van der Waals surface area contributed by atoms with Crippen molar-refractivity contribution < 1.29 is 22.3 Å². The van der Waals surface area contributed by atoms with Crippen LogP contribution in [0.4, 0.5) is 4.39 Å². The molecule has 19 heavy (non-hydrogen) atoms. The van der Waals surface area contributed by atoms with Crippen molar-refractivity contribution in [3.05, 3.63) is 29.1 Å². The molecule has 7 heteroatoms. The first kappa shape index (κ1) is 15.6. The van der Waals surface area contributed by atoms with E-state index in [1.165, 1.54) is 13.0 Å². The van der Waals surface area contributed by atoms with Crippen molar-refractivity contribution >= 4 is 16.0 Å². The molecule has 1 rings (SSSR count). The molecular formula is C12H16FNO4S. The minimum absolute atomic E-state index is 0.0163. The Hall–Kier alpha value is -1.47. The van der Waals surface area contributed by atoms with Crippen molar-refractivity contribution in [2.24, 2.45) is 5.14 Å². The molecule has 0 aliphatic carbocycles. The van der Waals surface area contributed by atoms with Crippen molar-refractivity contribution in [1.82, 2.24) is 0 Å². The molecule has 0 amide bonds. The largest absolute Gasteiger partial charge is 0.459 e. The predicted octanol–water partition coefficient (Wildman–Crippen LogP) is 1.74. The summed E-state index contributed by atoms with van der Waals surface area (Å²) >= 11 is 0. The monoisotopic (exact) mass is 289 g/mol. The van der Waals surface area contributed by atoms with Crippen LogP contribution in [-0.4, -0.2) is 20.5 Å². The standard InChI is InChI=1S/C12H16FNO4S/c1-4-8(3)18-12(15)9-5-7(2)11(13)10(6-9)19(14,16)17/h5-6,8H,4H2,1-3H3,(H2,14,16,17). The van der Waals surface area contributed by atoms with Gasteiger partial charge in [0.1, 0.15) is 10.7 Å². The van der Waals surface area contributed by atoms with Gasteiger partial charge in [0.15, 0.2) is 0 Å². The van der Waals surface area contributed by atoms with Crippen LogP contribution in [0.5, 0.6) is 0 Å². The van der Waals surface area contributed by atoms with E-state index in [9.17, 15) is 17.6 Å². The topological polar surface area (TPSA) is 86.5 Å². The van der Waals surface area contributed by atoms with Crippen LogP contribution in [0.3, 0.4) is 0 Å². The Morgan fingerprint density at radius 2 is 2.05 bits per heavy atom. The van der Waals surface area contributed by atoms with Crippen LogP contribution in [0.1, 0.15) is 36.2 Å². The zero-order valence-corrected chi connectivity index (χ0v) is 11.8. The van der Waals surface area contributed by atoms with Gasteiger partial charge in [-0.15, -0.1) is 0 Å². The van der Waals surface area contributed by atoms with Gasteiger partial charge < -0.3 is 4.74 Å². The maximum atomic E-state index is 13.7. The molecule has 0 fully saturated rings. The Balaban J connectivity index is 3.25. The molecule has 0 saturated carbocycles. The number of aryl methyl sites for hydroxylation is 1. The number of ether oxygens (including phenoxy) is 1. The van der Waals surface area contributed by atoms with E-state index < -0.39 is 26.7 Å². The second-order valence-corrected chi connectivity index (χ2v) is 5.80. The molecule has 0 bridgehead atoms. The van der Waals surface area contributed by atoms with Gasteiger partial charge in [-0.2, -0.15) is 0 Å². The molecule has 0 aliphatic heterocycles. The summed E-state index contributed by atoms with van der Waals surface area (Å²) < 4.78 is 41.2. The van der Waals surface area contributed by atoms with E-state index in [2.05, 4.69) is 0 Å². The number of carbonyl (C=O) groups excluding carboxylic acids is 1. The fraction of sp³-hybridized carbons (Fsp3) is 0.417. The lowest BCUT2D eigenvalue weighted by Crippen LogP contribution is -2.18. The fourth-order valence-corrected chi connectivity index (χ4v) is 2.10. The van der Waals surface area contributed by atoms with Crippen molar-refractivity contribution in [2.75, 3.05) is 0 Å². The smallest absolute Gasteiger partial charge is 0.338 e. The molecule has 5 nitrogen and oxygen atoms in total. The van der Waals surface area contributed by atoms with E-state index in [-0.39, 0.29) is 17.2 Å². The van der Waals surface area contributed by atoms with Gasteiger partial charge in [0, 0.05) is 0 Å². The normalized spacial score (nSPS) is 13.1. The molecule has 0 saturated heterocycles. The maximum absolute atomic E-state index is 13.7. The predicted molar refractivity (Wildman–Crippen MR) is 67.7 cm³/mol. The van der Waals surface area contributed by atoms with Gasteiger partial charge in [0.2, 0.25) is 10.0 Å². The van der Waals surface area contributed by atoms with E-state index in [4.69, 9.17) is 9.88 Å². The molecule has 0 spiro atoms. The van der Waals surface area contributed by atoms with Crippen molar-refractivity contribution in [3.8, 4) is 0 Å². The Morgan fingerprint density at radius 1 is 1.47 bits per heavy atom. The average Bonchev–Trinajstić information content (AvgIpc) is 2.30. The SMILES string of the molecule is CCC(C)OC(=O)c1cc(C)c(F)c(S(N)(=O)=O)c1. The fourth-order valence-electron chi connectivity index (χ4n) is 1.40. The van der Waals surface area contributed by atoms with Gasteiger partial charge in [-0.05, 0) is 38.0 Å². The maximum Gasteiger partial charge on any atom is 0.338 e. The average molecular weight is 289 g/mol. The van der Waals surface area contributed by atoms with E-state index >= 15 is 0 Å². The highest BCUT2D eigenvalue weighted by Crippen LogP contribution is 2.20. The number of carbonyl (C=O) groups is 1. The number of esters is 1. The Labute approximate surface area is 111 Å². The highest BCUT2D eigenvalue weighted by atomic mass is 32.2. The second-order valence-electron chi connectivity index (χ2n) is 4.27. The molecule has 1 aromatic rings. The summed E-state index contributed by atoms with van der Waals surface area (Å²) in [6.45, 7) is 4.89. The summed E-state index contributed by atoms with van der Waals surface area (Å²) in [7, 11) is -4.23. The highest BCUT2D eigenvalue weighted by Gasteiger charge is 2.21. The molecule has 2 N–H and O–H groups in total. The highest BCUT2D eigenvalue weighted by molar-refractivity contribution is 7.89. The summed E-state index contributed by atoms with van der Waals surface area (Å²) in [5.41, 5.74) is -0.0224. The van der Waals surface area contributed by atoms with Gasteiger partial charge in [-0.3, -0.25) is 0 Å². The third-order valence-electron chi connectivity index (χ3n) is 2.65. The summed E-state index contributed by atoms with van der Waals surface area (Å²) in [4.78, 5) is 11.1. The number of hydrogen-bond acceptors (Lipinski definition) is 4.